The van der Waals surface area contributed by atoms with Crippen LogP contribution in [0.2, 0.25) is 0 Å². The summed E-state index contributed by atoms with van der Waals surface area (Å²) in [7, 11) is 1.38. The van der Waals surface area contributed by atoms with Crippen LogP contribution < -0.4 is 15.5 Å². The molecule has 1 aliphatic heterocycles. The Balaban J connectivity index is 0.00000300. The van der Waals surface area contributed by atoms with Gasteiger partial charge in [0.2, 0.25) is 0 Å². The molecule has 0 spiro atoms. The smallest absolute Gasteiger partial charge is 0.329 e. The summed E-state index contributed by atoms with van der Waals surface area (Å²) in [5.74, 6) is -0.230. The minimum atomic E-state index is -0.233. The summed E-state index contributed by atoms with van der Waals surface area (Å²) in [6.45, 7) is 3.14. The molecular weight excluding hydrogens is 392 g/mol. The van der Waals surface area contributed by atoms with Crippen LogP contribution in [0.3, 0.4) is 0 Å². The van der Waals surface area contributed by atoms with E-state index in [1.54, 1.807) is 34.1 Å². The number of anilines is 2. The monoisotopic (exact) mass is 416 g/mol. The highest BCUT2D eigenvalue weighted by molar-refractivity contribution is 6.06. The van der Waals surface area contributed by atoms with Gasteiger partial charge in [-0.25, -0.2) is 4.79 Å². The Kier molecular flexibility index (Phi) is 7.23. The third-order valence-electron chi connectivity index (χ3n) is 4.90. The molecule has 8 heteroatoms. The van der Waals surface area contributed by atoms with Gasteiger partial charge in [0.1, 0.15) is 5.84 Å². The molecular formula is C21H25ClN4O3. The number of aryl methyl sites for hydroxylation is 2. The van der Waals surface area contributed by atoms with E-state index >= 15 is 0 Å². The van der Waals surface area contributed by atoms with Gasteiger partial charge in [-0.15, -0.1) is 12.4 Å². The average molecular weight is 417 g/mol. The lowest BCUT2D eigenvalue weighted by atomic mass is 10.0. The fraction of sp³-hybridized carbons (Fsp3) is 0.286. The largest absolute Gasteiger partial charge is 0.469 e. The van der Waals surface area contributed by atoms with E-state index < -0.39 is 0 Å². The molecule has 3 N–H and O–H groups in total. The molecule has 0 bridgehead atoms. The summed E-state index contributed by atoms with van der Waals surface area (Å²) in [4.78, 5) is 27.7. The Hall–Kier alpha value is -3.06. The van der Waals surface area contributed by atoms with Crippen LogP contribution in [0.1, 0.15) is 23.1 Å². The lowest BCUT2D eigenvalue weighted by Gasteiger charge is -2.21. The van der Waals surface area contributed by atoms with Crippen molar-refractivity contribution in [2.75, 3.05) is 30.0 Å². The van der Waals surface area contributed by atoms with Crippen molar-refractivity contribution >= 4 is 41.6 Å². The van der Waals surface area contributed by atoms with E-state index in [0.29, 0.717) is 31.5 Å². The normalized spacial score (nSPS) is 13.2. The van der Waals surface area contributed by atoms with Crippen molar-refractivity contribution in [3.63, 3.8) is 0 Å². The van der Waals surface area contributed by atoms with Crippen LogP contribution in [-0.4, -0.2) is 38.0 Å². The molecule has 2 aromatic rings. The van der Waals surface area contributed by atoms with Gasteiger partial charge in [0.15, 0.2) is 0 Å². The number of hydrogen-bond donors (Lipinski definition) is 2. The number of nitrogens with two attached hydrogens (primary N) is 1. The van der Waals surface area contributed by atoms with Gasteiger partial charge in [0, 0.05) is 36.4 Å². The van der Waals surface area contributed by atoms with Gasteiger partial charge in [-0.2, -0.15) is 0 Å². The second-order valence-electron chi connectivity index (χ2n) is 6.74. The molecule has 3 rings (SSSR count). The number of carbonyl (C=O) groups excluding carboxylic acids is 2. The number of amides is 2. The Bertz CT molecular complexity index is 915. The van der Waals surface area contributed by atoms with Crippen molar-refractivity contribution in [2.24, 2.45) is 5.73 Å². The number of halogens is 1. The summed E-state index contributed by atoms with van der Waals surface area (Å²) < 4.78 is 4.68. The van der Waals surface area contributed by atoms with Crippen LogP contribution in [0, 0.1) is 12.3 Å². The van der Waals surface area contributed by atoms with Gasteiger partial charge in [0.25, 0.3) is 0 Å². The zero-order valence-electron chi connectivity index (χ0n) is 16.5. The van der Waals surface area contributed by atoms with Crippen LogP contribution in [0.25, 0.3) is 0 Å². The standard InChI is InChI=1S/C21H24N4O3.ClH/c1-14-13-15(4-10-19(26)28-2)3-9-18(14)25-12-11-24(21(25)27)17-7-5-16(6-8-17)20(22)23;/h3,5-9,13H,4,10-12H2,1-2H3,(H3,22,23);1H. The van der Waals surface area contributed by atoms with Crippen molar-refractivity contribution in [1.29, 1.82) is 5.41 Å². The highest BCUT2D eigenvalue weighted by atomic mass is 35.5. The first-order chi connectivity index (χ1) is 13.4. The molecule has 29 heavy (non-hydrogen) atoms. The zero-order chi connectivity index (χ0) is 20.3. The second-order valence-corrected chi connectivity index (χ2v) is 6.74. The van der Waals surface area contributed by atoms with Crippen molar-refractivity contribution in [1.82, 2.24) is 0 Å². The Morgan fingerprint density at radius 2 is 1.79 bits per heavy atom. The van der Waals surface area contributed by atoms with Gasteiger partial charge in [-0.05, 0) is 54.8 Å². The minimum Gasteiger partial charge on any atom is -0.469 e. The Morgan fingerprint density at radius 3 is 2.38 bits per heavy atom. The minimum absolute atomic E-state index is 0. The maximum Gasteiger partial charge on any atom is 0.329 e. The van der Waals surface area contributed by atoms with E-state index in [0.717, 1.165) is 22.5 Å². The van der Waals surface area contributed by atoms with E-state index in [1.807, 2.05) is 25.1 Å². The predicted octanol–water partition coefficient (Wildman–Crippen LogP) is 3.25. The number of nitrogens with one attached hydrogen (secondary N) is 1. The first-order valence-corrected chi connectivity index (χ1v) is 9.10. The molecule has 0 unspecified atom stereocenters. The number of rotatable bonds is 6. The fourth-order valence-electron chi connectivity index (χ4n) is 3.35. The third kappa shape index (κ3) is 4.86. The SMILES string of the molecule is COC(=O)CCc1ccc(N2CCN(c3ccc(C(=N)N)cc3)C2=O)c(C)c1.Cl. The number of carbonyl (C=O) groups is 2. The quantitative estimate of drug-likeness (QED) is 0.429. The number of nitrogen functional groups attached to an aromatic ring is 1. The summed E-state index contributed by atoms with van der Waals surface area (Å²) in [6, 6.07) is 12.9. The molecule has 2 aromatic carbocycles. The van der Waals surface area contributed by atoms with E-state index in [4.69, 9.17) is 11.1 Å². The van der Waals surface area contributed by atoms with Crippen LogP contribution in [0.5, 0.6) is 0 Å². The Morgan fingerprint density at radius 1 is 1.14 bits per heavy atom. The van der Waals surface area contributed by atoms with Crippen LogP contribution in [-0.2, 0) is 16.0 Å². The molecule has 0 aliphatic carbocycles. The van der Waals surface area contributed by atoms with Gasteiger partial charge in [0.05, 0.1) is 7.11 Å². The number of methoxy groups -OCH3 is 1. The van der Waals surface area contributed by atoms with E-state index in [9.17, 15) is 9.59 Å². The summed E-state index contributed by atoms with van der Waals surface area (Å²) in [5, 5.41) is 7.47. The number of amidine groups is 1. The van der Waals surface area contributed by atoms with E-state index in [2.05, 4.69) is 4.74 Å². The lowest BCUT2D eigenvalue weighted by molar-refractivity contribution is -0.140. The molecule has 1 heterocycles. The van der Waals surface area contributed by atoms with Crippen molar-refractivity contribution in [3.05, 3.63) is 59.2 Å². The highest BCUT2D eigenvalue weighted by Gasteiger charge is 2.31. The topological polar surface area (TPSA) is 99.7 Å². The third-order valence-corrected chi connectivity index (χ3v) is 4.90. The molecule has 2 amide bonds. The highest BCUT2D eigenvalue weighted by Crippen LogP contribution is 2.28. The number of benzene rings is 2. The number of nitrogens with zero attached hydrogens (tertiary/aromatic N) is 2. The summed E-state index contributed by atoms with van der Waals surface area (Å²) in [5.41, 5.74) is 9.80. The zero-order valence-corrected chi connectivity index (χ0v) is 17.3. The van der Waals surface area contributed by atoms with E-state index in [1.165, 1.54) is 7.11 Å². The number of ether oxygens (including phenoxy) is 1. The maximum absolute atomic E-state index is 12.9. The van der Waals surface area contributed by atoms with E-state index in [-0.39, 0.29) is 30.2 Å². The summed E-state index contributed by atoms with van der Waals surface area (Å²) in [6.07, 6.45) is 0.943. The average Bonchev–Trinajstić information content (AvgIpc) is 3.07. The number of hydrogen-bond acceptors (Lipinski definition) is 4. The van der Waals surface area contributed by atoms with Crippen molar-refractivity contribution < 1.29 is 14.3 Å². The number of esters is 1. The Labute approximate surface area is 176 Å². The molecule has 1 fully saturated rings. The molecule has 1 aliphatic rings. The van der Waals surface area contributed by atoms with Crippen molar-refractivity contribution in [2.45, 2.75) is 19.8 Å². The first-order valence-electron chi connectivity index (χ1n) is 9.10. The van der Waals surface area contributed by atoms with Crippen LogP contribution >= 0.6 is 12.4 Å². The molecule has 7 nitrogen and oxygen atoms in total. The maximum atomic E-state index is 12.9. The predicted molar refractivity (Wildman–Crippen MR) is 116 cm³/mol. The van der Waals surface area contributed by atoms with Crippen LogP contribution in [0.4, 0.5) is 16.2 Å². The van der Waals surface area contributed by atoms with Gasteiger partial charge in [-0.3, -0.25) is 20.0 Å². The van der Waals surface area contributed by atoms with Crippen LogP contribution in [0.15, 0.2) is 42.5 Å². The van der Waals surface area contributed by atoms with Gasteiger partial charge in [-0.1, -0.05) is 12.1 Å². The van der Waals surface area contributed by atoms with Gasteiger partial charge < -0.3 is 10.5 Å². The summed E-state index contributed by atoms with van der Waals surface area (Å²) >= 11 is 0. The van der Waals surface area contributed by atoms with Gasteiger partial charge >= 0.3 is 12.0 Å². The molecule has 0 radical (unpaired) electrons. The molecule has 0 aromatic heterocycles. The lowest BCUT2D eigenvalue weighted by Crippen LogP contribution is -2.32. The fourth-order valence-corrected chi connectivity index (χ4v) is 3.35. The number of urea groups is 1. The molecule has 154 valence electrons. The molecule has 1 saturated heterocycles. The molecule has 0 atom stereocenters. The molecule has 0 saturated carbocycles. The van der Waals surface area contributed by atoms with Crippen molar-refractivity contribution in [3.8, 4) is 0 Å². The first kappa shape index (κ1) is 22.2. The second kappa shape index (κ2) is 9.43.